The van der Waals surface area contributed by atoms with Gasteiger partial charge in [0.2, 0.25) is 15.9 Å². The number of hydrogen-bond donors (Lipinski definition) is 1. The van der Waals surface area contributed by atoms with Crippen molar-refractivity contribution >= 4 is 44.3 Å². The number of morpholine rings is 1. The van der Waals surface area contributed by atoms with Gasteiger partial charge in [0.25, 0.3) is 5.56 Å². The molecule has 0 radical (unpaired) electrons. The number of aryl methyl sites for hydroxylation is 1. The van der Waals surface area contributed by atoms with Gasteiger partial charge in [-0.25, -0.2) is 13.4 Å². The highest BCUT2D eigenvalue weighted by Crippen LogP contribution is 2.30. The number of ether oxygens (including phenoxy) is 2. The minimum Gasteiger partial charge on any atom is -0.495 e. The van der Waals surface area contributed by atoms with Crippen molar-refractivity contribution in [1.82, 2.24) is 13.9 Å². The molecule has 2 heterocycles. The van der Waals surface area contributed by atoms with Crippen molar-refractivity contribution in [2.24, 2.45) is 0 Å². The second-order valence-corrected chi connectivity index (χ2v) is 12.0. The van der Waals surface area contributed by atoms with E-state index in [2.05, 4.69) is 10.3 Å². The number of nitrogens with one attached hydrogen (secondary N) is 1. The predicted octanol–water partition coefficient (Wildman–Crippen LogP) is 3.45. The molecule has 1 aliphatic heterocycles. The maximum Gasteiger partial charge on any atom is 0.266 e. The lowest BCUT2D eigenvalue weighted by atomic mass is 10.2. The number of anilines is 1. The van der Waals surface area contributed by atoms with Crippen LogP contribution in [-0.4, -0.2) is 67.3 Å². The van der Waals surface area contributed by atoms with Gasteiger partial charge < -0.3 is 14.8 Å². The molecule has 1 amide bonds. The zero-order valence-electron chi connectivity index (χ0n) is 22.0. The first kappa shape index (κ1) is 27.8. The molecule has 0 atom stereocenters. The maximum absolute atomic E-state index is 13.4. The van der Waals surface area contributed by atoms with E-state index in [0.29, 0.717) is 40.6 Å². The summed E-state index contributed by atoms with van der Waals surface area (Å²) in [5.74, 6) is -0.203. The van der Waals surface area contributed by atoms with Crippen molar-refractivity contribution in [3.63, 3.8) is 0 Å². The molecular weight excluding hydrogens is 552 g/mol. The van der Waals surface area contributed by atoms with Crippen molar-refractivity contribution in [1.29, 1.82) is 0 Å². The van der Waals surface area contributed by atoms with Crippen LogP contribution >= 0.6 is 11.8 Å². The van der Waals surface area contributed by atoms with Gasteiger partial charge in [0.15, 0.2) is 5.16 Å². The summed E-state index contributed by atoms with van der Waals surface area (Å²) in [4.78, 5) is 31.1. The molecule has 0 saturated carbocycles. The number of hydrogen-bond acceptors (Lipinski definition) is 8. The maximum atomic E-state index is 13.4. The molecule has 1 saturated heterocycles. The van der Waals surface area contributed by atoms with Crippen LogP contribution in [0, 0.1) is 6.92 Å². The van der Waals surface area contributed by atoms with Crippen LogP contribution in [0.3, 0.4) is 0 Å². The first-order chi connectivity index (χ1) is 19.3. The summed E-state index contributed by atoms with van der Waals surface area (Å²) in [5, 5.41) is 3.64. The molecule has 0 bridgehead atoms. The third-order valence-corrected chi connectivity index (χ3v) is 9.26. The number of para-hydroxylation sites is 1. The summed E-state index contributed by atoms with van der Waals surface area (Å²) in [6.45, 7) is 3.19. The molecule has 12 heteroatoms. The summed E-state index contributed by atoms with van der Waals surface area (Å²) < 4.78 is 39.6. The molecule has 5 rings (SSSR count). The molecule has 0 spiro atoms. The van der Waals surface area contributed by atoms with Crippen LogP contribution in [0.1, 0.15) is 5.56 Å². The van der Waals surface area contributed by atoms with Crippen LogP contribution in [0.4, 0.5) is 5.69 Å². The van der Waals surface area contributed by atoms with Gasteiger partial charge in [-0.2, -0.15) is 4.31 Å². The highest BCUT2D eigenvalue weighted by molar-refractivity contribution is 7.99. The molecule has 0 aliphatic carbocycles. The van der Waals surface area contributed by atoms with Gasteiger partial charge in [-0.15, -0.1) is 0 Å². The fourth-order valence-corrected chi connectivity index (χ4v) is 6.55. The predicted molar refractivity (Wildman–Crippen MR) is 154 cm³/mol. The minimum atomic E-state index is -3.73. The minimum absolute atomic E-state index is 0.0480. The zero-order valence-corrected chi connectivity index (χ0v) is 23.6. The molecule has 1 aliphatic rings. The molecule has 0 unspecified atom stereocenters. The Morgan fingerprint density at radius 2 is 1.80 bits per heavy atom. The number of carbonyl (C=O) groups is 1. The van der Waals surface area contributed by atoms with Crippen LogP contribution in [0.15, 0.2) is 81.6 Å². The van der Waals surface area contributed by atoms with Crippen molar-refractivity contribution in [2.75, 3.05) is 44.5 Å². The number of amides is 1. The lowest BCUT2D eigenvalue weighted by molar-refractivity contribution is -0.113. The number of rotatable bonds is 8. The second-order valence-electron chi connectivity index (χ2n) is 9.10. The number of nitrogens with zero attached hydrogens (tertiary/aromatic N) is 3. The van der Waals surface area contributed by atoms with Crippen LogP contribution in [0.2, 0.25) is 0 Å². The Kier molecular flexibility index (Phi) is 8.22. The fourth-order valence-electron chi connectivity index (χ4n) is 4.32. The summed E-state index contributed by atoms with van der Waals surface area (Å²) >= 11 is 1.13. The highest BCUT2D eigenvalue weighted by atomic mass is 32.2. The van der Waals surface area contributed by atoms with Crippen molar-refractivity contribution < 1.29 is 22.7 Å². The average Bonchev–Trinajstić information content (AvgIpc) is 2.97. The van der Waals surface area contributed by atoms with Gasteiger partial charge >= 0.3 is 0 Å². The number of thioether (sulfide) groups is 1. The van der Waals surface area contributed by atoms with Gasteiger partial charge in [-0.05, 0) is 43.3 Å². The molecule has 3 aromatic carbocycles. The Hall–Kier alpha value is -3.71. The molecule has 10 nitrogen and oxygen atoms in total. The van der Waals surface area contributed by atoms with Gasteiger partial charge in [-0.3, -0.25) is 14.2 Å². The van der Waals surface area contributed by atoms with Crippen LogP contribution < -0.4 is 15.6 Å². The summed E-state index contributed by atoms with van der Waals surface area (Å²) in [6, 6.07) is 18.9. The summed E-state index contributed by atoms with van der Waals surface area (Å²) in [6.07, 6.45) is 0. The first-order valence-corrected chi connectivity index (χ1v) is 15.0. The lowest BCUT2D eigenvalue weighted by Gasteiger charge is -2.26. The van der Waals surface area contributed by atoms with E-state index in [1.54, 1.807) is 24.3 Å². The van der Waals surface area contributed by atoms with Crippen LogP contribution in [-0.2, 0) is 19.6 Å². The topological polar surface area (TPSA) is 120 Å². The van der Waals surface area contributed by atoms with E-state index in [0.717, 1.165) is 17.3 Å². The van der Waals surface area contributed by atoms with Gasteiger partial charge in [0, 0.05) is 19.2 Å². The Bertz CT molecular complexity index is 1720. The summed E-state index contributed by atoms with van der Waals surface area (Å²) in [7, 11) is -2.32. The quantitative estimate of drug-likeness (QED) is 0.249. The molecule has 1 N–H and O–H groups in total. The number of sulfonamides is 1. The SMILES string of the molecule is COc1cc(S(=O)(=O)N2CCOCC2)ccc1NC(=O)CSc1nc2ccccc2c(=O)n1-c1ccc(C)cc1. The molecular formula is C28H28N4O6S2. The molecule has 1 aromatic heterocycles. The van der Waals surface area contributed by atoms with E-state index in [1.165, 1.54) is 34.2 Å². The van der Waals surface area contributed by atoms with Crippen LogP contribution in [0.25, 0.3) is 16.6 Å². The Labute approximate surface area is 236 Å². The summed E-state index contributed by atoms with van der Waals surface area (Å²) in [5.41, 5.74) is 2.34. The zero-order chi connectivity index (χ0) is 28.3. The second kappa shape index (κ2) is 11.8. The van der Waals surface area contributed by atoms with Crippen LogP contribution in [0.5, 0.6) is 5.75 Å². The third kappa shape index (κ3) is 5.75. The average molecular weight is 581 g/mol. The Morgan fingerprint density at radius 1 is 1.07 bits per heavy atom. The first-order valence-electron chi connectivity index (χ1n) is 12.6. The van der Waals surface area contributed by atoms with Gasteiger partial charge in [0.1, 0.15) is 5.75 Å². The number of aromatic nitrogens is 2. The van der Waals surface area contributed by atoms with E-state index in [-0.39, 0.29) is 41.0 Å². The Balaban J connectivity index is 1.37. The van der Waals surface area contributed by atoms with E-state index in [4.69, 9.17) is 9.47 Å². The molecule has 4 aromatic rings. The number of carbonyl (C=O) groups excluding carboxylic acids is 1. The van der Waals surface area contributed by atoms with E-state index >= 15 is 0 Å². The standard InChI is InChI=1S/C28H28N4O6S2/c1-19-7-9-20(10-8-19)32-27(34)22-5-3-4-6-23(22)30-28(32)39-18-26(33)29-24-12-11-21(17-25(24)37-2)40(35,36)31-13-15-38-16-14-31/h3-12,17H,13-16,18H2,1-2H3,(H,29,33). The van der Waals surface area contributed by atoms with Crippen molar-refractivity contribution in [2.45, 2.75) is 17.0 Å². The largest absolute Gasteiger partial charge is 0.495 e. The van der Waals surface area contributed by atoms with E-state index < -0.39 is 10.0 Å². The number of methoxy groups -OCH3 is 1. The highest BCUT2D eigenvalue weighted by Gasteiger charge is 2.27. The fraction of sp³-hybridized carbons (Fsp3) is 0.250. The lowest BCUT2D eigenvalue weighted by Crippen LogP contribution is -2.40. The van der Waals surface area contributed by atoms with Gasteiger partial charge in [-0.1, -0.05) is 41.6 Å². The molecule has 40 heavy (non-hydrogen) atoms. The number of benzene rings is 3. The normalized spacial score (nSPS) is 14.2. The third-order valence-electron chi connectivity index (χ3n) is 6.42. The van der Waals surface area contributed by atoms with Gasteiger partial charge in [0.05, 0.1) is 53.2 Å². The Morgan fingerprint density at radius 3 is 2.52 bits per heavy atom. The van der Waals surface area contributed by atoms with E-state index in [1.807, 2.05) is 31.2 Å². The van der Waals surface area contributed by atoms with Crippen molar-refractivity contribution in [3.05, 3.63) is 82.6 Å². The van der Waals surface area contributed by atoms with E-state index in [9.17, 15) is 18.0 Å². The number of fused-ring (bicyclic) bond motifs is 1. The molecule has 208 valence electrons. The van der Waals surface area contributed by atoms with Crippen molar-refractivity contribution in [3.8, 4) is 11.4 Å². The molecule has 1 fully saturated rings. The monoisotopic (exact) mass is 580 g/mol. The smallest absolute Gasteiger partial charge is 0.266 e.